The molecule has 0 spiro atoms. The normalized spacial score (nSPS) is 16.8. The summed E-state index contributed by atoms with van der Waals surface area (Å²) < 4.78 is 28.4. The van der Waals surface area contributed by atoms with Gasteiger partial charge in [0.15, 0.2) is 0 Å². The molecule has 0 saturated heterocycles. The molecule has 4 heteroatoms. The van der Waals surface area contributed by atoms with Crippen molar-refractivity contribution < 1.29 is 8.42 Å². The number of nitrogens with zero attached hydrogens (tertiary/aromatic N) is 1. The molecule has 0 aliphatic heterocycles. The zero-order valence-corrected chi connectivity index (χ0v) is 16.3. The van der Waals surface area contributed by atoms with Crippen LogP contribution in [0.4, 0.5) is 0 Å². The topological polar surface area (TPSA) is 37.4 Å². The lowest BCUT2D eigenvalue weighted by atomic mass is 9.96. The molecule has 2 aromatic rings. The van der Waals surface area contributed by atoms with Crippen LogP contribution < -0.4 is 0 Å². The van der Waals surface area contributed by atoms with E-state index in [2.05, 4.69) is 26.5 Å². The summed E-state index contributed by atoms with van der Waals surface area (Å²) in [6.07, 6.45) is 3.79. The van der Waals surface area contributed by atoms with Gasteiger partial charge in [-0.3, -0.25) is 0 Å². The predicted molar refractivity (Wildman–Crippen MR) is 106 cm³/mol. The van der Waals surface area contributed by atoms with Gasteiger partial charge < -0.3 is 0 Å². The molecule has 0 bridgehead atoms. The summed E-state index contributed by atoms with van der Waals surface area (Å²) in [6, 6.07) is 16.5. The number of hydrogen-bond acceptors (Lipinski definition) is 2. The molecule has 2 aromatic carbocycles. The van der Waals surface area contributed by atoms with Crippen LogP contribution in [0.15, 0.2) is 83.8 Å². The van der Waals surface area contributed by atoms with Crippen LogP contribution in [0.5, 0.6) is 0 Å². The Kier molecular flexibility index (Phi) is 4.91. The van der Waals surface area contributed by atoms with Crippen LogP contribution in [0.1, 0.15) is 31.0 Å². The van der Waals surface area contributed by atoms with Crippen LogP contribution in [0.3, 0.4) is 0 Å². The highest BCUT2D eigenvalue weighted by Gasteiger charge is 2.45. The third kappa shape index (κ3) is 3.53. The Labute approximate surface area is 156 Å². The molecule has 26 heavy (non-hydrogen) atoms. The van der Waals surface area contributed by atoms with Gasteiger partial charge in [-0.25, -0.2) is 8.42 Å². The predicted octanol–water partition coefficient (Wildman–Crippen LogP) is 4.88. The highest BCUT2D eigenvalue weighted by atomic mass is 32.2. The van der Waals surface area contributed by atoms with Crippen molar-refractivity contribution in [1.82, 2.24) is 4.31 Å². The number of rotatable bonds is 7. The van der Waals surface area contributed by atoms with Gasteiger partial charge in [-0.2, -0.15) is 4.31 Å². The van der Waals surface area contributed by atoms with Gasteiger partial charge in [0.1, 0.15) is 0 Å². The van der Waals surface area contributed by atoms with Crippen LogP contribution in [-0.2, 0) is 10.0 Å². The third-order valence-corrected chi connectivity index (χ3v) is 6.66. The van der Waals surface area contributed by atoms with Crippen molar-refractivity contribution in [2.24, 2.45) is 5.41 Å². The number of sulfonamides is 1. The first-order chi connectivity index (χ1) is 12.3. The maximum atomic E-state index is 13.4. The van der Waals surface area contributed by atoms with Crippen molar-refractivity contribution in [1.29, 1.82) is 0 Å². The molecule has 1 unspecified atom stereocenters. The molecule has 1 atom stereocenters. The van der Waals surface area contributed by atoms with Crippen molar-refractivity contribution >= 4 is 10.0 Å². The molecule has 0 N–H and O–H groups in total. The summed E-state index contributed by atoms with van der Waals surface area (Å²) in [6.45, 7) is 10.2. The van der Waals surface area contributed by atoms with Gasteiger partial charge in [-0.15, -0.1) is 6.58 Å². The molecular formula is C22H25NO2S. The molecule has 1 aliphatic rings. The molecular weight excluding hydrogens is 342 g/mol. The third-order valence-electron chi connectivity index (χ3n) is 4.81. The lowest BCUT2D eigenvalue weighted by molar-refractivity contribution is 0.375. The first-order valence-electron chi connectivity index (χ1n) is 8.75. The van der Waals surface area contributed by atoms with E-state index in [4.69, 9.17) is 0 Å². The highest BCUT2D eigenvalue weighted by molar-refractivity contribution is 7.89. The second kappa shape index (κ2) is 6.86. The number of benzene rings is 2. The summed E-state index contributed by atoms with van der Waals surface area (Å²) in [5.41, 5.74) is 3.07. The average molecular weight is 368 g/mol. The maximum absolute atomic E-state index is 13.4. The Bertz CT molecular complexity index is 926. The fraction of sp³-hybridized carbons (Fsp3) is 0.273. The number of allylic oxidation sites excluding steroid dienone is 1. The minimum atomic E-state index is -3.66. The van der Waals surface area contributed by atoms with Crippen molar-refractivity contribution in [2.45, 2.75) is 31.7 Å². The van der Waals surface area contributed by atoms with E-state index in [1.54, 1.807) is 22.5 Å². The molecule has 0 saturated carbocycles. The Hall–Kier alpha value is -2.17. The average Bonchev–Trinajstić information content (AvgIpc) is 3.23. The molecule has 3 nitrogen and oxygen atoms in total. The Morgan fingerprint density at radius 2 is 1.65 bits per heavy atom. The number of aryl methyl sites for hydroxylation is 1. The fourth-order valence-electron chi connectivity index (χ4n) is 3.24. The van der Waals surface area contributed by atoms with Gasteiger partial charge >= 0.3 is 0 Å². The van der Waals surface area contributed by atoms with E-state index in [9.17, 15) is 8.42 Å². The minimum absolute atomic E-state index is 0.0667. The lowest BCUT2D eigenvalue weighted by Gasteiger charge is -2.31. The van der Waals surface area contributed by atoms with Crippen LogP contribution in [0.25, 0.3) is 0 Å². The van der Waals surface area contributed by atoms with E-state index < -0.39 is 10.0 Å². The highest BCUT2D eigenvalue weighted by Crippen LogP contribution is 2.53. The summed E-state index contributed by atoms with van der Waals surface area (Å²) in [4.78, 5) is 0.310. The van der Waals surface area contributed by atoms with E-state index in [1.165, 1.54) is 0 Å². The minimum Gasteiger partial charge on any atom is -0.207 e. The first kappa shape index (κ1) is 18.6. The van der Waals surface area contributed by atoms with Gasteiger partial charge in [-0.1, -0.05) is 74.0 Å². The first-order valence-corrected chi connectivity index (χ1v) is 10.2. The van der Waals surface area contributed by atoms with E-state index >= 15 is 0 Å². The van der Waals surface area contributed by atoms with Crippen LogP contribution in [-0.4, -0.2) is 19.3 Å². The molecule has 0 fully saturated rings. The van der Waals surface area contributed by atoms with Crippen LogP contribution >= 0.6 is 0 Å². The monoisotopic (exact) mass is 367 g/mol. The van der Waals surface area contributed by atoms with Gasteiger partial charge in [0.25, 0.3) is 0 Å². The molecule has 136 valence electrons. The van der Waals surface area contributed by atoms with Crippen molar-refractivity contribution in [3.63, 3.8) is 0 Å². The molecule has 3 rings (SSSR count). The van der Waals surface area contributed by atoms with Gasteiger partial charge in [0, 0.05) is 12.0 Å². The van der Waals surface area contributed by atoms with Gasteiger partial charge in [-0.05, 0) is 30.2 Å². The Morgan fingerprint density at radius 3 is 2.15 bits per heavy atom. The van der Waals surface area contributed by atoms with E-state index in [-0.39, 0.29) is 18.0 Å². The van der Waals surface area contributed by atoms with Crippen molar-refractivity contribution in [3.8, 4) is 0 Å². The zero-order chi connectivity index (χ0) is 18.9. The summed E-state index contributed by atoms with van der Waals surface area (Å²) in [5.74, 6) is 0. The van der Waals surface area contributed by atoms with Crippen LogP contribution in [0.2, 0.25) is 0 Å². The van der Waals surface area contributed by atoms with E-state index in [0.29, 0.717) is 4.90 Å². The van der Waals surface area contributed by atoms with E-state index in [1.807, 2.05) is 49.4 Å². The molecule has 0 heterocycles. The quantitative estimate of drug-likeness (QED) is 0.654. The Morgan fingerprint density at radius 1 is 1.08 bits per heavy atom. The largest absolute Gasteiger partial charge is 0.244 e. The fourth-order valence-corrected chi connectivity index (χ4v) is 4.80. The smallest absolute Gasteiger partial charge is 0.207 e. The second-order valence-electron chi connectivity index (χ2n) is 7.31. The maximum Gasteiger partial charge on any atom is 0.244 e. The summed E-state index contributed by atoms with van der Waals surface area (Å²) in [7, 11) is -3.66. The number of hydrogen-bond donors (Lipinski definition) is 0. The standard InChI is InChI=1S/C22H25NO2S/c1-5-15-23(26(24,25)19-13-11-17(2)12-14-19)21(20-16-22(20,3)4)18-9-7-6-8-10-18/h5-14,16,21H,1,15H2,2-4H3. The zero-order valence-electron chi connectivity index (χ0n) is 15.5. The van der Waals surface area contributed by atoms with Gasteiger partial charge in [0.05, 0.1) is 10.9 Å². The van der Waals surface area contributed by atoms with Crippen LogP contribution in [0, 0.1) is 12.3 Å². The summed E-state index contributed by atoms with van der Waals surface area (Å²) >= 11 is 0. The van der Waals surface area contributed by atoms with Crippen molar-refractivity contribution in [2.75, 3.05) is 6.54 Å². The second-order valence-corrected chi connectivity index (χ2v) is 9.20. The lowest BCUT2D eigenvalue weighted by Crippen LogP contribution is -2.35. The van der Waals surface area contributed by atoms with Gasteiger partial charge in [0.2, 0.25) is 10.0 Å². The van der Waals surface area contributed by atoms with Crippen molar-refractivity contribution in [3.05, 3.63) is 90.0 Å². The molecule has 0 aromatic heterocycles. The molecule has 0 radical (unpaired) electrons. The Balaban J connectivity index is 2.10. The molecule has 0 amide bonds. The SMILES string of the molecule is C=CCN(C(C1=CC1(C)C)c1ccccc1)S(=O)(=O)c1ccc(C)cc1. The van der Waals surface area contributed by atoms with E-state index in [0.717, 1.165) is 16.7 Å². The summed E-state index contributed by atoms with van der Waals surface area (Å²) in [5, 5.41) is 0. The molecule has 1 aliphatic carbocycles.